The molecule has 4 aliphatic rings. The van der Waals surface area contributed by atoms with Crippen LogP contribution in [-0.2, 0) is 16.0 Å². The van der Waals surface area contributed by atoms with Gasteiger partial charge in [-0.2, -0.15) is 10.4 Å². The predicted octanol–water partition coefficient (Wildman–Crippen LogP) is 2.72. The summed E-state index contributed by atoms with van der Waals surface area (Å²) >= 11 is 0. The van der Waals surface area contributed by atoms with Gasteiger partial charge in [-0.05, 0) is 35.6 Å². The Bertz CT molecular complexity index is 1690. The Hall–Kier alpha value is -4.28. The molecule has 0 aromatic carbocycles. The van der Waals surface area contributed by atoms with Gasteiger partial charge in [0.25, 0.3) is 0 Å². The highest BCUT2D eigenvalue weighted by Crippen LogP contribution is 2.36. The quantitative estimate of drug-likeness (QED) is 0.275. The molecule has 4 unspecified atom stereocenters. The molecule has 4 aromatic heterocycles. The van der Waals surface area contributed by atoms with Crippen molar-refractivity contribution < 1.29 is 18.9 Å². The maximum absolute atomic E-state index is 9.81. The number of hydrogen-bond donors (Lipinski definition) is 0. The zero-order valence-electron chi connectivity index (χ0n) is 26.0. The normalized spacial score (nSPS) is 24.7. The summed E-state index contributed by atoms with van der Waals surface area (Å²) in [7, 11) is 1.64. The lowest BCUT2D eigenvalue weighted by Gasteiger charge is -2.24. The van der Waals surface area contributed by atoms with Crippen molar-refractivity contribution in [3.63, 3.8) is 0 Å². The van der Waals surface area contributed by atoms with E-state index in [4.69, 9.17) is 23.9 Å². The van der Waals surface area contributed by atoms with Crippen molar-refractivity contribution in [3.05, 3.63) is 66.2 Å². The second kappa shape index (κ2) is 12.5. The molecular weight excluding hydrogens is 584 g/mol. The van der Waals surface area contributed by atoms with Crippen molar-refractivity contribution in [2.45, 2.75) is 18.8 Å². The minimum absolute atomic E-state index is 0.151. The monoisotopic (exact) mass is 622 g/mol. The number of likely N-dealkylation sites (tertiary alicyclic amines) is 2. The summed E-state index contributed by atoms with van der Waals surface area (Å²) in [5.74, 6) is 3.58. The van der Waals surface area contributed by atoms with Crippen molar-refractivity contribution in [1.29, 1.82) is 5.26 Å². The molecule has 0 aliphatic carbocycles. The maximum atomic E-state index is 9.81. The van der Waals surface area contributed by atoms with Gasteiger partial charge in [-0.1, -0.05) is 6.07 Å². The lowest BCUT2D eigenvalue weighted by molar-refractivity contribution is -0.116. The summed E-state index contributed by atoms with van der Waals surface area (Å²) in [6.07, 6.45) is 7.57. The van der Waals surface area contributed by atoms with Crippen LogP contribution in [0.3, 0.4) is 0 Å². The molecule has 46 heavy (non-hydrogen) atoms. The van der Waals surface area contributed by atoms with Crippen LogP contribution in [0.4, 0.5) is 5.82 Å². The van der Waals surface area contributed by atoms with Crippen LogP contribution in [0.1, 0.15) is 11.1 Å². The third-order valence-electron chi connectivity index (χ3n) is 9.78. The molecule has 0 spiro atoms. The van der Waals surface area contributed by atoms with Crippen LogP contribution in [0.5, 0.6) is 11.6 Å². The molecule has 4 aromatic rings. The Balaban J connectivity index is 0.923. The van der Waals surface area contributed by atoms with Gasteiger partial charge in [0.2, 0.25) is 5.88 Å². The van der Waals surface area contributed by atoms with E-state index in [0.29, 0.717) is 48.8 Å². The lowest BCUT2D eigenvalue weighted by atomic mass is 10.0. The van der Waals surface area contributed by atoms with Gasteiger partial charge in [-0.25, -0.2) is 14.5 Å². The highest BCUT2D eigenvalue weighted by atomic mass is 16.6. The zero-order chi connectivity index (χ0) is 31.0. The summed E-state index contributed by atoms with van der Waals surface area (Å²) < 4.78 is 24.9. The van der Waals surface area contributed by atoms with Crippen molar-refractivity contribution in [3.8, 4) is 28.8 Å². The summed E-state index contributed by atoms with van der Waals surface area (Å²) in [6.45, 7) is 9.43. The van der Waals surface area contributed by atoms with E-state index in [-0.39, 0.29) is 12.2 Å². The topological polar surface area (TPSA) is 114 Å². The van der Waals surface area contributed by atoms with E-state index in [0.717, 1.165) is 74.8 Å². The molecule has 0 amide bonds. The molecule has 4 saturated heterocycles. The van der Waals surface area contributed by atoms with Crippen molar-refractivity contribution in [2.75, 3.05) is 77.6 Å². The van der Waals surface area contributed by atoms with Gasteiger partial charge >= 0.3 is 0 Å². The van der Waals surface area contributed by atoms with Crippen molar-refractivity contribution in [1.82, 2.24) is 29.4 Å². The van der Waals surface area contributed by atoms with Crippen LogP contribution in [-0.4, -0.2) is 114 Å². The Morgan fingerprint density at radius 3 is 2.39 bits per heavy atom. The van der Waals surface area contributed by atoms with E-state index in [1.165, 1.54) is 5.56 Å². The number of nitrogens with zero attached hydrogens (tertiary/aromatic N) is 8. The van der Waals surface area contributed by atoms with Gasteiger partial charge in [-0.15, -0.1) is 0 Å². The highest BCUT2D eigenvalue weighted by molar-refractivity contribution is 5.85. The zero-order valence-corrected chi connectivity index (χ0v) is 26.0. The van der Waals surface area contributed by atoms with Gasteiger partial charge < -0.3 is 23.8 Å². The van der Waals surface area contributed by atoms with E-state index < -0.39 is 0 Å². The molecule has 4 atom stereocenters. The van der Waals surface area contributed by atoms with Crippen LogP contribution >= 0.6 is 0 Å². The third-order valence-corrected chi connectivity index (χ3v) is 9.78. The molecule has 12 nitrogen and oxygen atoms in total. The smallest absolute Gasteiger partial charge is 0.212 e. The number of anilines is 1. The first kappa shape index (κ1) is 29.1. The molecule has 8 rings (SSSR count). The van der Waals surface area contributed by atoms with E-state index in [1.807, 2.05) is 30.7 Å². The standard InChI is InChI=1S/C34H38N8O4/c1-43-33-5-2-23(12-37-33)15-40-16-26-18-41(19-27(26)17-40)32-4-3-24(13-36-32)29-10-28(20-42-34(29)25(11-35)14-38-42)44-7-6-39-21-30-31(22-39)46-9-8-45-30/h2-5,10,12-14,20,26-27,30-31H,6-9,15-19,21-22H2,1H3. The molecule has 12 heteroatoms. The average molecular weight is 623 g/mol. The van der Waals surface area contributed by atoms with Gasteiger partial charge in [-0.3, -0.25) is 9.80 Å². The molecule has 0 saturated carbocycles. The second-order valence-electron chi connectivity index (χ2n) is 12.7. The number of aromatic nitrogens is 4. The lowest BCUT2D eigenvalue weighted by Crippen LogP contribution is -2.36. The van der Waals surface area contributed by atoms with Gasteiger partial charge in [0.1, 0.15) is 24.2 Å². The summed E-state index contributed by atoms with van der Waals surface area (Å²) in [4.78, 5) is 16.5. The Kier molecular flexibility index (Phi) is 7.91. The molecule has 4 fully saturated rings. The van der Waals surface area contributed by atoms with Crippen molar-refractivity contribution >= 4 is 11.3 Å². The fourth-order valence-electron chi connectivity index (χ4n) is 7.51. The van der Waals surface area contributed by atoms with Crippen LogP contribution < -0.4 is 14.4 Å². The molecule has 4 aliphatic heterocycles. The maximum Gasteiger partial charge on any atom is 0.212 e. The first-order valence-corrected chi connectivity index (χ1v) is 16.1. The molecule has 238 valence electrons. The van der Waals surface area contributed by atoms with E-state index in [2.05, 4.69) is 49.1 Å². The fraction of sp³-hybridized carbons (Fsp3) is 0.471. The predicted molar refractivity (Wildman–Crippen MR) is 170 cm³/mol. The molecule has 0 N–H and O–H groups in total. The van der Waals surface area contributed by atoms with Crippen LogP contribution in [0.25, 0.3) is 16.6 Å². The summed E-state index contributed by atoms with van der Waals surface area (Å²) in [6, 6.07) is 12.5. The van der Waals surface area contributed by atoms with E-state index >= 15 is 0 Å². The largest absolute Gasteiger partial charge is 0.491 e. The molecule has 0 bridgehead atoms. The first-order valence-electron chi connectivity index (χ1n) is 16.1. The summed E-state index contributed by atoms with van der Waals surface area (Å²) in [5.41, 5.74) is 4.29. The van der Waals surface area contributed by atoms with Crippen LogP contribution in [0.2, 0.25) is 0 Å². The van der Waals surface area contributed by atoms with Crippen LogP contribution in [0, 0.1) is 23.2 Å². The second-order valence-corrected chi connectivity index (χ2v) is 12.7. The average Bonchev–Trinajstić information content (AvgIpc) is 3.87. The van der Waals surface area contributed by atoms with Gasteiger partial charge in [0.15, 0.2) is 0 Å². The van der Waals surface area contributed by atoms with Gasteiger partial charge in [0.05, 0.1) is 56.0 Å². The number of nitriles is 1. The first-order chi connectivity index (χ1) is 22.6. The van der Waals surface area contributed by atoms with Gasteiger partial charge in [0, 0.05) is 81.9 Å². The number of rotatable bonds is 9. The highest BCUT2D eigenvalue weighted by Gasteiger charge is 2.40. The number of methoxy groups -OCH3 is 1. The van der Waals surface area contributed by atoms with Crippen molar-refractivity contribution in [2.24, 2.45) is 11.8 Å². The minimum atomic E-state index is 0.151. The number of fused-ring (bicyclic) bond motifs is 3. The molecule has 0 radical (unpaired) electrons. The third kappa shape index (κ3) is 5.76. The van der Waals surface area contributed by atoms with E-state index in [1.54, 1.807) is 17.8 Å². The van der Waals surface area contributed by atoms with Crippen LogP contribution in [0.15, 0.2) is 55.1 Å². The SMILES string of the molecule is COc1ccc(CN2CC3CN(c4ccc(-c5cc(OCCN6CC7OCCOC7C6)cn6ncc(C#N)c56)cn4)CC3C2)cn1. The number of hydrogen-bond acceptors (Lipinski definition) is 11. The Morgan fingerprint density at radius 1 is 0.913 bits per heavy atom. The molecular formula is C34H38N8O4. The van der Waals surface area contributed by atoms with E-state index in [9.17, 15) is 5.26 Å². The number of pyridine rings is 3. The summed E-state index contributed by atoms with van der Waals surface area (Å²) in [5, 5.41) is 14.3. The fourth-order valence-corrected chi connectivity index (χ4v) is 7.51. The molecule has 8 heterocycles. The Morgan fingerprint density at radius 2 is 1.72 bits per heavy atom. The minimum Gasteiger partial charge on any atom is -0.491 e. The Labute approximate surface area is 268 Å². The number of ether oxygens (including phenoxy) is 4.